The SMILES string of the molecule is CN(C)CCOC(=O)c1c(C2=CC=CCC2=O)c2c3occc3c(F)cc2n1Cc1cc2ccc(O)cc2nc1Cl. The number of furan rings is 1. The van der Waals surface area contributed by atoms with Crippen molar-refractivity contribution in [3.63, 3.8) is 0 Å². The van der Waals surface area contributed by atoms with E-state index in [1.54, 1.807) is 34.9 Å². The number of esters is 1. The maximum Gasteiger partial charge on any atom is 0.355 e. The van der Waals surface area contributed by atoms with Crippen molar-refractivity contribution < 1.29 is 28.2 Å². The van der Waals surface area contributed by atoms with Gasteiger partial charge in [0, 0.05) is 41.1 Å². The fraction of sp³-hybridized carbons (Fsp3) is 0.194. The van der Waals surface area contributed by atoms with Crippen molar-refractivity contribution in [3.05, 3.63) is 88.7 Å². The van der Waals surface area contributed by atoms with Crippen LogP contribution >= 0.6 is 11.6 Å². The van der Waals surface area contributed by atoms with E-state index in [1.807, 2.05) is 19.0 Å². The van der Waals surface area contributed by atoms with Crippen molar-refractivity contribution in [2.45, 2.75) is 13.0 Å². The van der Waals surface area contributed by atoms with Crippen molar-refractivity contribution >= 4 is 61.7 Å². The Hall–Kier alpha value is -4.47. The maximum atomic E-state index is 15.4. The highest BCUT2D eigenvalue weighted by Crippen LogP contribution is 2.41. The van der Waals surface area contributed by atoms with Gasteiger partial charge in [-0.15, -0.1) is 0 Å². The van der Waals surface area contributed by atoms with Crippen LogP contribution in [0.5, 0.6) is 5.75 Å². The minimum atomic E-state index is -0.670. The van der Waals surface area contributed by atoms with Gasteiger partial charge in [0.1, 0.15) is 34.6 Å². The summed E-state index contributed by atoms with van der Waals surface area (Å²) in [6.07, 6.45) is 6.67. The first-order chi connectivity index (χ1) is 19.7. The first-order valence-electron chi connectivity index (χ1n) is 12.9. The Morgan fingerprint density at radius 2 is 2.07 bits per heavy atom. The Morgan fingerprint density at radius 1 is 1.24 bits per heavy atom. The number of ketones is 1. The fourth-order valence-electron chi connectivity index (χ4n) is 5.16. The Labute approximate surface area is 238 Å². The average Bonchev–Trinajstić information content (AvgIpc) is 3.53. The summed E-state index contributed by atoms with van der Waals surface area (Å²) in [5, 5.41) is 11.4. The van der Waals surface area contributed by atoms with Crippen LogP contribution in [-0.2, 0) is 16.1 Å². The number of likely N-dealkylation sites (N-methyl/N-ethyl adjacent to an activating group) is 1. The van der Waals surface area contributed by atoms with E-state index >= 15 is 4.39 Å². The highest BCUT2D eigenvalue weighted by Gasteiger charge is 2.32. The van der Waals surface area contributed by atoms with E-state index < -0.39 is 11.8 Å². The smallest absolute Gasteiger partial charge is 0.355 e. The minimum absolute atomic E-state index is 0.0141. The molecular weight excluding hydrogens is 549 g/mol. The van der Waals surface area contributed by atoms with Crippen molar-refractivity contribution in [3.8, 4) is 5.75 Å². The number of rotatable bonds is 7. The first-order valence-corrected chi connectivity index (χ1v) is 13.3. The molecule has 0 saturated heterocycles. The van der Waals surface area contributed by atoms with Crippen LogP contribution in [0.2, 0.25) is 5.15 Å². The van der Waals surface area contributed by atoms with Crippen molar-refractivity contribution in [2.75, 3.05) is 27.2 Å². The molecule has 6 rings (SSSR count). The number of carbonyl (C=O) groups is 2. The van der Waals surface area contributed by atoms with Gasteiger partial charge in [0.2, 0.25) is 0 Å². The highest BCUT2D eigenvalue weighted by molar-refractivity contribution is 6.31. The molecule has 8 nitrogen and oxygen atoms in total. The lowest BCUT2D eigenvalue weighted by Crippen LogP contribution is -2.22. The zero-order valence-electron chi connectivity index (χ0n) is 22.3. The van der Waals surface area contributed by atoms with Crippen LogP contribution in [0.1, 0.15) is 28.0 Å². The van der Waals surface area contributed by atoms with Gasteiger partial charge in [-0.25, -0.2) is 14.2 Å². The van der Waals surface area contributed by atoms with Gasteiger partial charge in [-0.05, 0) is 44.4 Å². The minimum Gasteiger partial charge on any atom is -0.508 e. The quantitative estimate of drug-likeness (QED) is 0.185. The molecule has 5 aromatic rings. The highest BCUT2D eigenvalue weighted by atomic mass is 35.5. The number of fused-ring (bicyclic) bond motifs is 4. The van der Waals surface area contributed by atoms with E-state index in [-0.39, 0.29) is 52.9 Å². The van der Waals surface area contributed by atoms with Crippen molar-refractivity contribution in [2.24, 2.45) is 0 Å². The van der Waals surface area contributed by atoms with E-state index in [9.17, 15) is 14.7 Å². The van der Waals surface area contributed by atoms with Crippen LogP contribution in [0, 0.1) is 5.82 Å². The maximum absolute atomic E-state index is 15.4. The van der Waals surface area contributed by atoms with Gasteiger partial charge in [-0.1, -0.05) is 29.8 Å². The van der Waals surface area contributed by atoms with Crippen molar-refractivity contribution in [1.29, 1.82) is 0 Å². The summed E-state index contributed by atoms with van der Waals surface area (Å²) in [7, 11) is 3.72. The van der Waals surface area contributed by atoms with E-state index in [1.165, 1.54) is 30.5 Å². The largest absolute Gasteiger partial charge is 0.508 e. The molecule has 1 aliphatic carbocycles. The number of halogens is 2. The lowest BCUT2D eigenvalue weighted by atomic mass is 9.93. The Bertz CT molecular complexity index is 1940. The molecule has 208 valence electrons. The molecule has 3 heterocycles. The van der Waals surface area contributed by atoms with Gasteiger partial charge in [0.25, 0.3) is 0 Å². The van der Waals surface area contributed by atoms with E-state index in [2.05, 4.69) is 4.98 Å². The number of hydrogen-bond acceptors (Lipinski definition) is 7. The monoisotopic (exact) mass is 573 g/mol. The van der Waals surface area contributed by atoms with Crippen LogP contribution < -0.4 is 0 Å². The molecule has 1 aliphatic rings. The number of aromatic nitrogens is 2. The first kappa shape index (κ1) is 26.7. The zero-order valence-corrected chi connectivity index (χ0v) is 23.0. The average molecular weight is 574 g/mol. The Kier molecular flexibility index (Phi) is 6.84. The molecule has 0 saturated carbocycles. The van der Waals surface area contributed by atoms with Gasteiger partial charge >= 0.3 is 5.97 Å². The number of Topliss-reactive ketones (excluding diaryl/α,β-unsaturated/α-hetero) is 1. The number of nitrogens with zero attached hydrogens (tertiary/aromatic N) is 3. The third kappa shape index (κ3) is 4.77. The second-order valence-corrected chi connectivity index (χ2v) is 10.5. The molecule has 0 atom stereocenters. The second-order valence-electron chi connectivity index (χ2n) is 10.1. The van der Waals surface area contributed by atoms with Gasteiger partial charge in [0.05, 0.1) is 34.6 Å². The third-order valence-corrected chi connectivity index (χ3v) is 7.44. The van der Waals surface area contributed by atoms with Gasteiger partial charge in [-0.2, -0.15) is 0 Å². The van der Waals surface area contributed by atoms with Crippen LogP contribution in [0.15, 0.2) is 65.3 Å². The number of pyridine rings is 1. The topological polar surface area (TPSA) is 97.8 Å². The molecular formula is C31H25ClFN3O5. The molecule has 10 heteroatoms. The van der Waals surface area contributed by atoms with Crippen LogP contribution in [-0.4, -0.2) is 58.6 Å². The zero-order chi connectivity index (χ0) is 28.8. The summed E-state index contributed by atoms with van der Waals surface area (Å²) in [5.41, 5.74) is 2.30. The summed E-state index contributed by atoms with van der Waals surface area (Å²) in [6, 6.07) is 9.38. The number of aromatic hydroxyl groups is 1. The molecule has 41 heavy (non-hydrogen) atoms. The number of allylic oxidation sites excluding steroid dienone is 4. The number of benzene rings is 2. The van der Waals surface area contributed by atoms with E-state index in [4.69, 9.17) is 20.8 Å². The fourth-order valence-corrected chi connectivity index (χ4v) is 5.36. The summed E-state index contributed by atoms with van der Waals surface area (Å²) in [4.78, 5) is 33.4. The normalized spacial score (nSPS) is 13.6. The van der Waals surface area contributed by atoms with Crippen molar-refractivity contribution in [1.82, 2.24) is 14.5 Å². The predicted molar refractivity (Wildman–Crippen MR) is 155 cm³/mol. The van der Waals surface area contributed by atoms with E-state index in [0.717, 1.165) is 0 Å². The Balaban J connectivity index is 1.64. The van der Waals surface area contributed by atoms with Gasteiger partial charge in [-0.3, -0.25) is 4.79 Å². The lowest BCUT2D eigenvalue weighted by molar-refractivity contribution is -0.113. The second kappa shape index (κ2) is 10.5. The summed E-state index contributed by atoms with van der Waals surface area (Å²) >= 11 is 6.60. The molecule has 0 unspecified atom stereocenters. The Morgan fingerprint density at radius 3 is 2.85 bits per heavy atom. The molecule has 0 radical (unpaired) electrons. The number of ether oxygens (including phenoxy) is 1. The predicted octanol–water partition coefficient (Wildman–Crippen LogP) is 6.11. The molecule has 0 bridgehead atoms. The molecule has 0 amide bonds. The van der Waals surface area contributed by atoms with Gasteiger partial charge in [0.15, 0.2) is 5.78 Å². The number of hydrogen-bond donors (Lipinski definition) is 1. The summed E-state index contributed by atoms with van der Waals surface area (Å²) in [5.74, 6) is -1.35. The lowest BCUT2D eigenvalue weighted by Gasteiger charge is -2.16. The molecule has 2 aromatic carbocycles. The molecule has 0 fully saturated rings. The van der Waals surface area contributed by atoms with E-state index in [0.29, 0.717) is 45.1 Å². The number of phenols is 1. The summed E-state index contributed by atoms with van der Waals surface area (Å²) < 4.78 is 28.4. The van der Waals surface area contributed by atoms with Crippen LogP contribution in [0.4, 0.5) is 4.39 Å². The number of phenolic OH excluding ortho intramolecular Hbond substituents is 1. The van der Waals surface area contributed by atoms with Crippen LogP contribution in [0.25, 0.3) is 38.3 Å². The molecule has 3 aromatic heterocycles. The standard InChI is InChI=1S/C31H25ClFN3O5/c1-35(2)10-12-41-31(39)28-26(21-5-3-4-6-25(21)38)27-24(15-22(33)20-9-11-40-29(20)27)36(28)16-18-13-17-7-8-19(37)14-23(17)34-30(18)32/h3-5,7-9,11,13-15,37H,6,10,12,16H2,1-2H3. The molecule has 1 N–H and O–H groups in total. The van der Waals surface area contributed by atoms with Gasteiger partial charge < -0.3 is 23.7 Å². The van der Waals surface area contributed by atoms with Crippen LogP contribution in [0.3, 0.4) is 0 Å². The molecule has 0 aliphatic heterocycles. The molecule has 0 spiro atoms. The number of carbonyl (C=O) groups excluding carboxylic acids is 2. The summed E-state index contributed by atoms with van der Waals surface area (Å²) in [6.45, 7) is 0.599. The third-order valence-electron chi connectivity index (χ3n) is 7.11.